The van der Waals surface area contributed by atoms with Crippen molar-refractivity contribution < 1.29 is 9.53 Å². The zero-order valence-electron chi connectivity index (χ0n) is 12.0. The van der Waals surface area contributed by atoms with Crippen LogP contribution in [-0.2, 0) is 4.79 Å². The molecule has 0 heterocycles. The smallest absolute Gasteiger partial charge is 0.127 e. The van der Waals surface area contributed by atoms with Crippen molar-refractivity contribution in [1.82, 2.24) is 0 Å². The summed E-state index contributed by atoms with van der Waals surface area (Å²) in [6.45, 7) is 4.26. The van der Waals surface area contributed by atoms with Gasteiger partial charge in [0.1, 0.15) is 12.0 Å². The number of hydrogen-bond donors (Lipinski definition) is 0. The topological polar surface area (TPSA) is 26.3 Å². The Morgan fingerprint density at radius 1 is 1.16 bits per heavy atom. The van der Waals surface area contributed by atoms with Gasteiger partial charge >= 0.3 is 0 Å². The van der Waals surface area contributed by atoms with Crippen molar-refractivity contribution in [2.24, 2.45) is 5.92 Å². The van der Waals surface area contributed by atoms with Crippen molar-refractivity contribution in [3.63, 3.8) is 0 Å². The van der Waals surface area contributed by atoms with E-state index in [9.17, 15) is 4.79 Å². The predicted molar refractivity (Wildman–Crippen MR) is 76.0 cm³/mol. The van der Waals surface area contributed by atoms with Crippen LogP contribution in [0.2, 0.25) is 0 Å². The van der Waals surface area contributed by atoms with Crippen LogP contribution < -0.4 is 4.74 Å². The van der Waals surface area contributed by atoms with Gasteiger partial charge in [-0.2, -0.15) is 0 Å². The number of hydrogen-bond acceptors (Lipinski definition) is 2. The van der Waals surface area contributed by atoms with E-state index < -0.39 is 0 Å². The third-order valence-corrected chi connectivity index (χ3v) is 5.09. The Morgan fingerprint density at radius 3 is 2.58 bits per heavy atom. The Balaban J connectivity index is 2.24. The maximum absolute atomic E-state index is 11.7. The lowest BCUT2D eigenvalue weighted by atomic mass is 9.76. The molecule has 0 bridgehead atoms. The Kier molecular flexibility index (Phi) is 3.12. The fourth-order valence-corrected chi connectivity index (χ4v) is 4.44. The highest BCUT2D eigenvalue weighted by atomic mass is 16.5. The monoisotopic (exact) mass is 258 g/mol. The molecule has 0 aliphatic heterocycles. The van der Waals surface area contributed by atoms with Gasteiger partial charge in [-0.15, -0.1) is 0 Å². The van der Waals surface area contributed by atoms with Gasteiger partial charge in [0.05, 0.1) is 7.11 Å². The van der Waals surface area contributed by atoms with Gasteiger partial charge in [-0.3, -0.25) is 0 Å². The van der Waals surface area contributed by atoms with Crippen molar-refractivity contribution >= 4 is 6.29 Å². The molecule has 3 rings (SSSR count). The summed E-state index contributed by atoms with van der Waals surface area (Å²) in [7, 11) is 1.72. The minimum atomic E-state index is 0.0499. The van der Waals surface area contributed by atoms with E-state index in [1.165, 1.54) is 42.4 Å². The maximum atomic E-state index is 11.7. The van der Waals surface area contributed by atoms with E-state index in [1.54, 1.807) is 7.11 Å². The first-order chi connectivity index (χ1) is 9.19. The van der Waals surface area contributed by atoms with Gasteiger partial charge in [-0.25, -0.2) is 0 Å². The largest absolute Gasteiger partial charge is 0.496 e. The van der Waals surface area contributed by atoms with Crippen molar-refractivity contribution in [3.05, 3.63) is 28.3 Å². The first-order valence-electron chi connectivity index (χ1n) is 7.32. The Hall–Kier alpha value is -1.31. The molecule has 2 heteroatoms. The molecule has 3 atom stereocenters. The van der Waals surface area contributed by atoms with Crippen LogP contribution in [0.3, 0.4) is 0 Å². The zero-order chi connectivity index (χ0) is 13.6. The predicted octanol–water partition coefficient (Wildman–Crippen LogP) is 3.88. The molecule has 3 unspecified atom stereocenters. The van der Waals surface area contributed by atoms with Gasteiger partial charge in [0.2, 0.25) is 0 Å². The fraction of sp³-hybridized carbons (Fsp3) is 0.588. The summed E-state index contributed by atoms with van der Waals surface area (Å²) in [5.41, 5.74) is 5.12. The van der Waals surface area contributed by atoms with E-state index in [0.717, 1.165) is 17.6 Å². The molecule has 1 fully saturated rings. The van der Waals surface area contributed by atoms with Crippen LogP contribution in [0.1, 0.15) is 59.8 Å². The van der Waals surface area contributed by atoms with E-state index >= 15 is 0 Å². The van der Waals surface area contributed by atoms with Crippen LogP contribution in [-0.4, -0.2) is 13.4 Å². The second-order valence-corrected chi connectivity index (χ2v) is 6.09. The standard InChI is InChI=1S/C17H22O2/c1-10-8-11(2)17(19-3)16-14(9-18)12-6-4-5-7-13(12)15(10)16/h8-9,12-14H,4-7H2,1-3H3. The minimum absolute atomic E-state index is 0.0499. The summed E-state index contributed by atoms with van der Waals surface area (Å²) >= 11 is 0. The molecule has 1 saturated carbocycles. The molecule has 0 aromatic heterocycles. The average molecular weight is 258 g/mol. The molecular weight excluding hydrogens is 236 g/mol. The lowest BCUT2D eigenvalue weighted by molar-refractivity contribution is -0.110. The molecular formula is C17H22O2. The molecule has 1 aromatic carbocycles. The van der Waals surface area contributed by atoms with Crippen molar-refractivity contribution in [2.45, 2.75) is 51.4 Å². The highest BCUT2D eigenvalue weighted by molar-refractivity contribution is 5.72. The molecule has 0 amide bonds. The highest BCUT2D eigenvalue weighted by Crippen LogP contribution is 2.56. The van der Waals surface area contributed by atoms with Gasteiger partial charge in [0.15, 0.2) is 0 Å². The van der Waals surface area contributed by atoms with Crippen molar-refractivity contribution in [1.29, 1.82) is 0 Å². The fourth-order valence-electron chi connectivity index (χ4n) is 4.44. The number of carbonyl (C=O) groups is 1. The third kappa shape index (κ3) is 1.73. The van der Waals surface area contributed by atoms with Crippen LogP contribution in [0.15, 0.2) is 6.07 Å². The van der Waals surface area contributed by atoms with Crippen molar-refractivity contribution in [2.75, 3.05) is 7.11 Å². The van der Waals surface area contributed by atoms with Gasteiger partial charge < -0.3 is 9.53 Å². The van der Waals surface area contributed by atoms with Gasteiger partial charge in [-0.05, 0) is 55.2 Å². The number of rotatable bonds is 2. The normalized spacial score (nSPS) is 28.7. The van der Waals surface area contributed by atoms with Crippen LogP contribution in [0.25, 0.3) is 0 Å². The summed E-state index contributed by atoms with van der Waals surface area (Å²) in [5, 5.41) is 0. The van der Waals surface area contributed by atoms with E-state index in [-0.39, 0.29) is 5.92 Å². The zero-order valence-corrected chi connectivity index (χ0v) is 12.0. The Bertz CT molecular complexity index is 518. The molecule has 0 N–H and O–H groups in total. The Morgan fingerprint density at radius 2 is 1.89 bits per heavy atom. The number of benzene rings is 1. The SMILES string of the molecule is COc1c(C)cc(C)c2c1C(C=O)C1CCCCC21. The number of methoxy groups -OCH3 is 1. The average Bonchev–Trinajstić information content (AvgIpc) is 2.73. The molecule has 2 aliphatic carbocycles. The number of aldehydes is 1. The van der Waals surface area contributed by atoms with Gasteiger partial charge in [0, 0.05) is 11.5 Å². The molecule has 19 heavy (non-hydrogen) atoms. The summed E-state index contributed by atoms with van der Waals surface area (Å²) in [4.78, 5) is 11.7. The highest BCUT2D eigenvalue weighted by Gasteiger charge is 2.44. The van der Waals surface area contributed by atoms with Crippen molar-refractivity contribution in [3.8, 4) is 5.75 Å². The molecule has 2 aliphatic rings. The lowest BCUT2D eigenvalue weighted by Gasteiger charge is -2.28. The van der Waals surface area contributed by atoms with Crippen LogP contribution in [0.5, 0.6) is 5.75 Å². The third-order valence-electron chi connectivity index (χ3n) is 5.09. The molecule has 2 nitrogen and oxygen atoms in total. The van der Waals surface area contributed by atoms with Crippen LogP contribution >= 0.6 is 0 Å². The quantitative estimate of drug-likeness (QED) is 0.752. The van der Waals surface area contributed by atoms with Gasteiger partial charge in [-0.1, -0.05) is 18.9 Å². The number of carbonyl (C=O) groups excluding carboxylic acids is 1. The second kappa shape index (κ2) is 4.66. The van der Waals surface area contributed by atoms with E-state index in [4.69, 9.17) is 4.74 Å². The summed E-state index contributed by atoms with van der Waals surface area (Å²) < 4.78 is 5.62. The molecule has 0 radical (unpaired) electrons. The van der Waals surface area contributed by atoms with E-state index in [2.05, 4.69) is 19.9 Å². The number of aryl methyl sites for hydroxylation is 2. The van der Waals surface area contributed by atoms with E-state index in [1.807, 2.05) is 0 Å². The molecule has 1 aromatic rings. The van der Waals surface area contributed by atoms with Crippen LogP contribution in [0.4, 0.5) is 0 Å². The summed E-state index contributed by atoms with van der Waals surface area (Å²) in [6, 6.07) is 2.22. The lowest BCUT2D eigenvalue weighted by Crippen LogP contribution is -2.17. The van der Waals surface area contributed by atoms with Gasteiger partial charge in [0.25, 0.3) is 0 Å². The molecule has 0 spiro atoms. The summed E-state index contributed by atoms with van der Waals surface area (Å²) in [6.07, 6.45) is 6.14. The second-order valence-electron chi connectivity index (χ2n) is 6.09. The molecule has 102 valence electrons. The first kappa shape index (κ1) is 12.7. The molecule has 0 saturated heterocycles. The maximum Gasteiger partial charge on any atom is 0.127 e. The number of fused-ring (bicyclic) bond motifs is 3. The van der Waals surface area contributed by atoms with E-state index in [0.29, 0.717) is 11.8 Å². The minimum Gasteiger partial charge on any atom is -0.496 e. The van der Waals surface area contributed by atoms with Crippen LogP contribution in [0, 0.1) is 19.8 Å². The number of ether oxygens (including phenoxy) is 1. The first-order valence-corrected chi connectivity index (χ1v) is 7.32. The Labute approximate surface area is 115 Å². The summed E-state index contributed by atoms with van der Waals surface area (Å²) in [5.74, 6) is 2.09.